The first-order valence-corrected chi connectivity index (χ1v) is 5.15. The number of rotatable bonds is 1. The Morgan fingerprint density at radius 3 is 2.80 bits per heavy atom. The van der Waals surface area contributed by atoms with E-state index in [1.54, 1.807) is 6.08 Å². The van der Waals surface area contributed by atoms with E-state index in [4.69, 9.17) is 0 Å². The molecule has 0 aromatic carbocycles. The second-order valence-electron chi connectivity index (χ2n) is 2.99. The molecule has 0 unspecified atom stereocenters. The molecule has 76 valence electrons. The maximum Gasteiger partial charge on any atom is 0.276 e. The van der Waals surface area contributed by atoms with E-state index in [1.165, 1.54) is 0 Å². The first kappa shape index (κ1) is 10.0. The molecule has 1 aromatic heterocycles. The minimum absolute atomic E-state index is 0.221. The summed E-state index contributed by atoms with van der Waals surface area (Å²) in [4.78, 5) is 11.5. The highest BCUT2D eigenvalue weighted by Gasteiger charge is 2.28. The van der Waals surface area contributed by atoms with Crippen molar-refractivity contribution in [3.05, 3.63) is 34.1 Å². The quantitative estimate of drug-likeness (QED) is 0.845. The van der Waals surface area contributed by atoms with Crippen molar-refractivity contribution in [3.63, 3.8) is 0 Å². The van der Waals surface area contributed by atoms with Gasteiger partial charge in [-0.3, -0.25) is 4.79 Å². The molecule has 5 heteroatoms. The third-order valence-electron chi connectivity index (χ3n) is 2.19. The van der Waals surface area contributed by atoms with Crippen LogP contribution in [-0.4, -0.2) is 16.1 Å². The lowest BCUT2D eigenvalue weighted by Crippen LogP contribution is -2.13. The number of aromatic nitrogens is 2. The standard InChI is InChI=1S/C10H8BrN3O/c1-3-5-7-6(4-2)12-10(15)8(7)13-14-9(5)11/h3-4H,1H2,2H3,(H,12,15)/b6-4+. The molecule has 0 atom stereocenters. The van der Waals surface area contributed by atoms with Gasteiger partial charge in [0.2, 0.25) is 0 Å². The van der Waals surface area contributed by atoms with E-state index >= 15 is 0 Å². The van der Waals surface area contributed by atoms with Gasteiger partial charge in [0.15, 0.2) is 5.69 Å². The maximum atomic E-state index is 11.5. The summed E-state index contributed by atoms with van der Waals surface area (Å²) in [6, 6.07) is 0. The highest BCUT2D eigenvalue weighted by Crippen LogP contribution is 2.30. The lowest BCUT2D eigenvalue weighted by molar-refractivity contribution is 0.0975. The summed E-state index contributed by atoms with van der Waals surface area (Å²) in [5.74, 6) is -0.221. The molecule has 4 nitrogen and oxygen atoms in total. The molecule has 1 aromatic rings. The van der Waals surface area contributed by atoms with Crippen LogP contribution in [-0.2, 0) is 0 Å². The number of amides is 1. The number of allylic oxidation sites excluding steroid dienone is 1. The Labute approximate surface area is 95.2 Å². The SMILES string of the molecule is C=Cc1c(Br)nnc2c1/C(=C\C)NC2=O. The van der Waals surface area contributed by atoms with Crippen LogP contribution in [0.2, 0.25) is 0 Å². The molecule has 1 N–H and O–H groups in total. The predicted octanol–water partition coefficient (Wildman–Crippen LogP) is 1.99. The Bertz CT molecular complexity index is 494. The fourth-order valence-corrected chi connectivity index (χ4v) is 1.95. The number of fused-ring (bicyclic) bond motifs is 1. The minimum Gasteiger partial charge on any atom is -0.320 e. The summed E-state index contributed by atoms with van der Waals surface area (Å²) < 4.78 is 0.590. The zero-order valence-corrected chi connectivity index (χ0v) is 9.63. The van der Waals surface area contributed by atoms with Crippen molar-refractivity contribution >= 4 is 33.6 Å². The number of hydrogen-bond acceptors (Lipinski definition) is 3. The normalized spacial score (nSPS) is 16.4. The van der Waals surface area contributed by atoms with Crippen LogP contribution < -0.4 is 5.32 Å². The maximum absolute atomic E-state index is 11.5. The van der Waals surface area contributed by atoms with Gasteiger partial charge in [0.1, 0.15) is 4.60 Å². The largest absolute Gasteiger partial charge is 0.320 e. The van der Waals surface area contributed by atoms with E-state index in [1.807, 2.05) is 13.0 Å². The summed E-state index contributed by atoms with van der Waals surface area (Å²) in [5, 5.41) is 10.4. The molecule has 0 saturated carbocycles. The molecular weight excluding hydrogens is 258 g/mol. The molecule has 1 amide bonds. The number of halogens is 1. The van der Waals surface area contributed by atoms with Crippen molar-refractivity contribution < 1.29 is 4.79 Å². The summed E-state index contributed by atoms with van der Waals surface area (Å²) in [5.41, 5.74) is 2.65. The lowest BCUT2D eigenvalue weighted by Gasteiger charge is -2.03. The van der Waals surface area contributed by atoms with Gasteiger partial charge in [-0.15, -0.1) is 10.2 Å². The molecule has 0 fully saturated rings. The molecule has 0 saturated heterocycles. The monoisotopic (exact) mass is 265 g/mol. The van der Waals surface area contributed by atoms with E-state index < -0.39 is 0 Å². The Morgan fingerprint density at radius 2 is 2.20 bits per heavy atom. The van der Waals surface area contributed by atoms with Crippen LogP contribution >= 0.6 is 15.9 Å². The van der Waals surface area contributed by atoms with Crippen LogP contribution in [0.25, 0.3) is 11.8 Å². The van der Waals surface area contributed by atoms with Crippen molar-refractivity contribution in [3.8, 4) is 0 Å². The summed E-state index contributed by atoms with van der Waals surface area (Å²) in [6.07, 6.45) is 3.48. The molecule has 15 heavy (non-hydrogen) atoms. The van der Waals surface area contributed by atoms with E-state index in [0.717, 1.165) is 16.8 Å². The highest BCUT2D eigenvalue weighted by molar-refractivity contribution is 9.10. The Balaban J connectivity index is 2.80. The summed E-state index contributed by atoms with van der Waals surface area (Å²) in [7, 11) is 0. The minimum atomic E-state index is -0.221. The topological polar surface area (TPSA) is 54.9 Å². The van der Waals surface area contributed by atoms with E-state index in [0.29, 0.717) is 10.3 Å². The van der Waals surface area contributed by atoms with Crippen LogP contribution in [0.1, 0.15) is 28.5 Å². The van der Waals surface area contributed by atoms with Gasteiger partial charge in [-0.05, 0) is 22.9 Å². The Kier molecular flexibility index (Phi) is 2.40. The van der Waals surface area contributed by atoms with Gasteiger partial charge in [-0.2, -0.15) is 0 Å². The van der Waals surface area contributed by atoms with Gasteiger partial charge in [0.25, 0.3) is 5.91 Å². The third kappa shape index (κ3) is 1.39. The predicted molar refractivity (Wildman–Crippen MR) is 60.9 cm³/mol. The van der Waals surface area contributed by atoms with Gasteiger partial charge >= 0.3 is 0 Å². The first-order valence-electron chi connectivity index (χ1n) is 4.35. The zero-order chi connectivity index (χ0) is 11.0. The number of nitrogens with one attached hydrogen (secondary N) is 1. The number of carbonyl (C=O) groups is 1. The summed E-state index contributed by atoms with van der Waals surface area (Å²) >= 11 is 3.28. The molecular formula is C10H8BrN3O. The average molecular weight is 266 g/mol. The van der Waals surface area contributed by atoms with E-state index in [9.17, 15) is 4.79 Å². The number of carbonyl (C=O) groups excluding carboxylic acids is 1. The van der Waals surface area contributed by atoms with Gasteiger partial charge in [0.05, 0.1) is 0 Å². The van der Waals surface area contributed by atoms with Gasteiger partial charge in [0, 0.05) is 16.8 Å². The van der Waals surface area contributed by atoms with Gasteiger partial charge < -0.3 is 5.32 Å². The van der Waals surface area contributed by atoms with E-state index in [2.05, 4.69) is 38.0 Å². The number of hydrogen-bond donors (Lipinski definition) is 1. The molecule has 0 aliphatic carbocycles. The summed E-state index contributed by atoms with van der Waals surface area (Å²) in [6.45, 7) is 5.55. The molecule has 2 heterocycles. The average Bonchev–Trinajstić information content (AvgIpc) is 2.55. The van der Waals surface area contributed by atoms with Gasteiger partial charge in [-0.25, -0.2) is 0 Å². The van der Waals surface area contributed by atoms with Crippen molar-refractivity contribution in [1.82, 2.24) is 15.5 Å². The second kappa shape index (κ2) is 3.58. The Morgan fingerprint density at radius 1 is 1.47 bits per heavy atom. The first-order chi connectivity index (χ1) is 7.19. The van der Waals surface area contributed by atoms with Crippen LogP contribution in [0.4, 0.5) is 0 Å². The number of nitrogens with zero attached hydrogens (tertiary/aromatic N) is 2. The zero-order valence-electron chi connectivity index (χ0n) is 8.04. The van der Waals surface area contributed by atoms with Crippen molar-refractivity contribution in [2.24, 2.45) is 0 Å². The molecule has 1 aliphatic rings. The molecule has 0 radical (unpaired) electrons. The second-order valence-corrected chi connectivity index (χ2v) is 3.74. The van der Waals surface area contributed by atoms with Crippen LogP contribution in [0.5, 0.6) is 0 Å². The fraction of sp³-hybridized carbons (Fsp3) is 0.100. The molecule has 0 bridgehead atoms. The molecule has 0 spiro atoms. The Hall–Kier alpha value is -1.49. The van der Waals surface area contributed by atoms with Crippen molar-refractivity contribution in [2.45, 2.75) is 6.92 Å². The van der Waals surface area contributed by atoms with Crippen molar-refractivity contribution in [1.29, 1.82) is 0 Å². The molecule has 1 aliphatic heterocycles. The van der Waals surface area contributed by atoms with Crippen LogP contribution in [0.15, 0.2) is 17.3 Å². The smallest absolute Gasteiger partial charge is 0.276 e. The fourth-order valence-electron chi connectivity index (χ4n) is 1.51. The van der Waals surface area contributed by atoms with Crippen molar-refractivity contribution in [2.75, 3.05) is 0 Å². The van der Waals surface area contributed by atoms with E-state index in [-0.39, 0.29) is 5.91 Å². The third-order valence-corrected chi connectivity index (χ3v) is 2.78. The van der Waals surface area contributed by atoms with Crippen LogP contribution in [0.3, 0.4) is 0 Å². The highest BCUT2D eigenvalue weighted by atomic mass is 79.9. The van der Waals surface area contributed by atoms with Gasteiger partial charge in [-0.1, -0.05) is 18.7 Å². The lowest BCUT2D eigenvalue weighted by atomic mass is 10.1. The molecule has 2 rings (SSSR count). The van der Waals surface area contributed by atoms with Crippen LogP contribution in [0, 0.1) is 0 Å².